The summed E-state index contributed by atoms with van der Waals surface area (Å²) in [6.07, 6.45) is 0. The van der Waals surface area contributed by atoms with Crippen LogP contribution in [0, 0.1) is 6.92 Å². The molecule has 0 bridgehead atoms. The van der Waals surface area contributed by atoms with Crippen LogP contribution in [0.1, 0.15) is 11.1 Å². The molecule has 2 aromatic rings. The van der Waals surface area contributed by atoms with E-state index in [1.807, 2.05) is 31.2 Å². The molecule has 0 aliphatic carbocycles. The predicted molar refractivity (Wildman–Crippen MR) is 92.7 cm³/mol. The lowest BCUT2D eigenvalue weighted by molar-refractivity contribution is 0.251. The third-order valence-corrected chi connectivity index (χ3v) is 3.80. The van der Waals surface area contributed by atoms with Gasteiger partial charge in [-0.1, -0.05) is 39.7 Å². The molecule has 0 heterocycles. The number of anilines is 1. The second-order valence-corrected chi connectivity index (χ2v) is 6.09. The highest BCUT2D eigenvalue weighted by Gasteiger charge is 2.11. The number of rotatable bonds is 4. The number of halogens is 2. The molecule has 6 heteroatoms. The Morgan fingerprint density at radius 2 is 1.95 bits per heavy atom. The van der Waals surface area contributed by atoms with Crippen LogP contribution >= 0.6 is 27.5 Å². The Balaban J connectivity index is 2.01. The zero-order valence-electron chi connectivity index (χ0n) is 12.2. The largest absolute Gasteiger partial charge is 0.495 e. The fraction of sp³-hybridized carbons (Fsp3) is 0.188. The van der Waals surface area contributed by atoms with E-state index in [9.17, 15) is 4.79 Å². The quantitative estimate of drug-likeness (QED) is 0.801. The summed E-state index contributed by atoms with van der Waals surface area (Å²) >= 11 is 9.23. The van der Waals surface area contributed by atoms with E-state index in [1.54, 1.807) is 19.2 Å². The van der Waals surface area contributed by atoms with Gasteiger partial charge >= 0.3 is 6.03 Å². The molecule has 0 spiro atoms. The van der Waals surface area contributed by atoms with Crippen LogP contribution in [0.25, 0.3) is 0 Å². The van der Waals surface area contributed by atoms with Crippen LogP contribution in [-0.2, 0) is 6.54 Å². The number of urea groups is 1. The van der Waals surface area contributed by atoms with Crippen molar-refractivity contribution in [3.63, 3.8) is 0 Å². The Labute approximate surface area is 142 Å². The van der Waals surface area contributed by atoms with E-state index in [0.717, 1.165) is 15.6 Å². The van der Waals surface area contributed by atoms with Gasteiger partial charge in [0.15, 0.2) is 0 Å². The summed E-state index contributed by atoms with van der Waals surface area (Å²) in [6, 6.07) is 10.7. The number of hydrogen-bond acceptors (Lipinski definition) is 2. The van der Waals surface area contributed by atoms with Gasteiger partial charge in [0.05, 0.1) is 12.8 Å². The third-order valence-electron chi connectivity index (χ3n) is 3.09. The minimum atomic E-state index is -0.293. The van der Waals surface area contributed by atoms with E-state index in [1.165, 1.54) is 0 Å². The van der Waals surface area contributed by atoms with Crippen molar-refractivity contribution in [2.75, 3.05) is 12.4 Å². The number of nitrogens with one attached hydrogen (secondary N) is 2. The number of ether oxygens (including phenoxy) is 1. The van der Waals surface area contributed by atoms with Crippen molar-refractivity contribution in [3.05, 3.63) is 57.0 Å². The number of carbonyl (C=O) groups is 1. The first-order valence-corrected chi connectivity index (χ1v) is 7.80. The Morgan fingerprint density at radius 1 is 1.27 bits per heavy atom. The SMILES string of the molecule is COc1cc(Br)cc(C)c1NC(=O)NCc1ccc(Cl)cc1. The Kier molecular flexibility index (Phi) is 5.69. The van der Waals surface area contributed by atoms with Crippen molar-refractivity contribution in [3.8, 4) is 5.75 Å². The minimum absolute atomic E-state index is 0.293. The van der Waals surface area contributed by atoms with Crippen molar-refractivity contribution in [1.29, 1.82) is 0 Å². The lowest BCUT2D eigenvalue weighted by Gasteiger charge is -2.14. The Bertz CT molecular complexity index is 675. The minimum Gasteiger partial charge on any atom is -0.495 e. The van der Waals surface area contributed by atoms with Crippen molar-refractivity contribution < 1.29 is 9.53 Å². The van der Waals surface area contributed by atoms with Crippen molar-refractivity contribution in [1.82, 2.24) is 5.32 Å². The first-order chi connectivity index (χ1) is 10.5. The topological polar surface area (TPSA) is 50.4 Å². The molecular formula is C16H16BrClN2O2. The first-order valence-electron chi connectivity index (χ1n) is 6.63. The summed E-state index contributed by atoms with van der Waals surface area (Å²) in [5, 5.41) is 6.29. The van der Waals surface area contributed by atoms with Gasteiger partial charge in [-0.05, 0) is 42.3 Å². The number of amides is 2. The molecule has 0 aliphatic heterocycles. The number of aryl methyl sites for hydroxylation is 1. The van der Waals surface area contributed by atoms with Crippen molar-refractivity contribution in [2.45, 2.75) is 13.5 Å². The standard InChI is InChI=1S/C16H16BrClN2O2/c1-10-7-12(17)8-14(22-2)15(10)20-16(21)19-9-11-3-5-13(18)6-4-11/h3-8H,9H2,1-2H3,(H2,19,20,21). The first kappa shape index (κ1) is 16.6. The number of hydrogen-bond donors (Lipinski definition) is 2. The number of benzene rings is 2. The molecule has 22 heavy (non-hydrogen) atoms. The highest BCUT2D eigenvalue weighted by atomic mass is 79.9. The second kappa shape index (κ2) is 7.51. The molecule has 116 valence electrons. The summed E-state index contributed by atoms with van der Waals surface area (Å²) in [7, 11) is 1.57. The van der Waals surface area contributed by atoms with Crippen LogP contribution in [0.15, 0.2) is 40.9 Å². The zero-order valence-corrected chi connectivity index (χ0v) is 14.6. The van der Waals surface area contributed by atoms with Gasteiger partial charge in [-0.3, -0.25) is 0 Å². The average molecular weight is 384 g/mol. The van der Waals surface area contributed by atoms with Gasteiger partial charge in [0.25, 0.3) is 0 Å². The van der Waals surface area contributed by atoms with E-state index in [4.69, 9.17) is 16.3 Å². The molecule has 0 aliphatic rings. The average Bonchev–Trinajstić information content (AvgIpc) is 2.49. The maximum Gasteiger partial charge on any atom is 0.319 e. The van der Waals surface area contributed by atoms with E-state index >= 15 is 0 Å². The summed E-state index contributed by atoms with van der Waals surface area (Å²) in [6.45, 7) is 2.32. The van der Waals surface area contributed by atoms with Gasteiger partial charge < -0.3 is 15.4 Å². The lowest BCUT2D eigenvalue weighted by atomic mass is 10.2. The van der Waals surface area contributed by atoms with Crippen LogP contribution in [0.3, 0.4) is 0 Å². The van der Waals surface area contributed by atoms with Crippen LogP contribution < -0.4 is 15.4 Å². The molecule has 2 amide bonds. The zero-order chi connectivity index (χ0) is 16.1. The molecule has 2 aromatic carbocycles. The molecule has 0 saturated carbocycles. The normalized spacial score (nSPS) is 10.2. The number of carbonyl (C=O) groups excluding carboxylic acids is 1. The number of methoxy groups -OCH3 is 1. The molecule has 2 rings (SSSR count). The van der Waals surface area contributed by atoms with Gasteiger partial charge in [-0.15, -0.1) is 0 Å². The van der Waals surface area contributed by atoms with Gasteiger partial charge in [0, 0.05) is 16.0 Å². The second-order valence-electron chi connectivity index (χ2n) is 4.73. The molecule has 0 aromatic heterocycles. The summed E-state index contributed by atoms with van der Waals surface area (Å²) in [4.78, 5) is 12.0. The van der Waals surface area contributed by atoms with Gasteiger partial charge in [0.1, 0.15) is 5.75 Å². The van der Waals surface area contributed by atoms with E-state index < -0.39 is 0 Å². The van der Waals surface area contributed by atoms with E-state index in [0.29, 0.717) is 23.0 Å². The summed E-state index contributed by atoms with van der Waals surface area (Å²) in [5.74, 6) is 0.605. The Hall–Kier alpha value is -1.72. The van der Waals surface area contributed by atoms with Crippen LogP contribution in [0.4, 0.5) is 10.5 Å². The maximum absolute atomic E-state index is 12.0. The molecule has 0 saturated heterocycles. The van der Waals surface area contributed by atoms with Crippen LogP contribution in [0.2, 0.25) is 5.02 Å². The lowest BCUT2D eigenvalue weighted by Crippen LogP contribution is -2.28. The van der Waals surface area contributed by atoms with Gasteiger partial charge in [0.2, 0.25) is 0 Å². The highest BCUT2D eigenvalue weighted by Crippen LogP contribution is 2.31. The molecule has 4 nitrogen and oxygen atoms in total. The van der Waals surface area contributed by atoms with E-state index in [2.05, 4.69) is 26.6 Å². The Morgan fingerprint density at radius 3 is 2.59 bits per heavy atom. The fourth-order valence-corrected chi connectivity index (χ4v) is 2.65. The van der Waals surface area contributed by atoms with Crippen LogP contribution in [-0.4, -0.2) is 13.1 Å². The molecule has 0 unspecified atom stereocenters. The summed E-state index contributed by atoms with van der Waals surface area (Å²) in [5.41, 5.74) is 2.53. The molecule has 0 atom stereocenters. The van der Waals surface area contributed by atoms with Crippen molar-refractivity contribution in [2.24, 2.45) is 0 Å². The molecule has 0 radical (unpaired) electrons. The molecule has 2 N–H and O–H groups in total. The highest BCUT2D eigenvalue weighted by molar-refractivity contribution is 9.10. The molecule has 0 fully saturated rings. The third kappa shape index (κ3) is 4.39. The summed E-state index contributed by atoms with van der Waals surface area (Å²) < 4.78 is 6.19. The van der Waals surface area contributed by atoms with E-state index in [-0.39, 0.29) is 6.03 Å². The van der Waals surface area contributed by atoms with Crippen molar-refractivity contribution >= 4 is 39.2 Å². The van der Waals surface area contributed by atoms with Gasteiger partial charge in [-0.2, -0.15) is 0 Å². The monoisotopic (exact) mass is 382 g/mol. The predicted octanol–water partition coefficient (Wildman–Crippen LogP) is 4.74. The van der Waals surface area contributed by atoms with Gasteiger partial charge in [-0.25, -0.2) is 4.79 Å². The molecular weight excluding hydrogens is 368 g/mol. The van der Waals surface area contributed by atoms with Crippen LogP contribution in [0.5, 0.6) is 5.75 Å². The smallest absolute Gasteiger partial charge is 0.319 e. The fourth-order valence-electron chi connectivity index (χ4n) is 1.98. The maximum atomic E-state index is 12.0.